The number of hydrogen-bond donors (Lipinski definition) is 2. The van der Waals surface area contributed by atoms with Crippen molar-refractivity contribution in [2.75, 3.05) is 33.3 Å². The number of esters is 1. The molecule has 1 aromatic heterocycles. The van der Waals surface area contributed by atoms with Gasteiger partial charge in [-0.25, -0.2) is 13.4 Å². The fourth-order valence-electron chi connectivity index (χ4n) is 10.4. The second kappa shape index (κ2) is 18.8. The molecule has 0 radical (unpaired) electrons. The van der Waals surface area contributed by atoms with E-state index in [9.17, 15) is 32.4 Å². The molecule has 0 spiro atoms. The fourth-order valence-corrected chi connectivity index (χ4v) is 11.7. The van der Waals surface area contributed by atoms with Crippen LogP contribution in [0.15, 0.2) is 36.9 Å². The van der Waals surface area contributed by atoms with Crippen molar-refractivity contribution in [3.8, 4) is 11.6 Å². The van der Waals surface area contributed by atoms with Crippen LogP contribution in [0.25, 0.3) is 10.9 Å². The van der Waals surface area contributed by atoms with Gasteiger partial charge in [-0.2, -0.15) is 0 Å². The molecule has 3 aliphatic carbocycles. The molecule has 3 saturated carbocycles. The van der Waals surface area contributed by atoms with Gasteiger partial charge in [0, 0.05) is 43.8 Å². The van der Waals surface area contributed by atoms with Crippen LogP contribution in [-0.2, 0) is 45.2 Å². The first kappa shape index (κ1) is 47.9. The fraction of sp³-hybridized carbons (Fsp3) is 0.680. The van der Waals surface area contributed by atoms with Gasteiger partial charge in [0.1, 0.15) is 18.0 Å². The average molecular weight is 932 g/mol. The first-order chi connectivity index (χ1) is 31.3. The molecule has 4 heterocycles. The zero-order chi connectivity index (χ0) is 47.2. The second-order valence-electron chi connectivity index (χ2n) is 21.5. The third-order valence-electron chi connectivity index (χ3n) is 15.2. The number of nitrogens with zero attached hydrogens (tertiary/aromatic N) is 3. The molecule has 2 N–H and O–H groups in total. The van der Waals surface area contributed by atoms with Crippen LogP contribution >= 0.6 is 0 Å². The van der Waals surface area contributed by atoms with Gasteiger partial charge in [0.05, 0.1) is 52.8 Å². The van der Waals surface area contributed by atoms with Gasteiger partial charge in [-0.05, 0) is 101 Å². The molecule has 2 saturated heterocycles. The number of rotatable bonds is 14. The van der Waals surface area contributed by atoms with E-state index in [2.05, 4.69) is 28.6 Å². The quantitative estimate of drug-likeness (QED) is 0.132. The lowest BCUT2D eigenvalue weighted by molar-refractivity contribution is -0.154. The van der Waals surface area contributed by atoms with Crippen LogP contribution in [0.3, 0.4) is 0 Å². The summed E-state index contributed by atoms with van der Waals surface area (Å²) in [6.07, 6.45) is 8.70. The number of amides is 3. The first-order valence-corrected chi connectivity index (χ1v) is 25.7. The smallest absolute Gasteiger partial charge is 0.306 e. The summed E-state index contributed by atoms with van der Waals surface area (Å²) in [4.78, 5) is 77.9. The van der Waals surface area contributed by atoms with E-state index in [1.807, 2.05) is 45.0 Å². The van der Waals surface area contributed by atoms with Crippen molar-refractivity contribution >= 4 is 50.4 Å². The zero-order valence-electron chi connectivity index (χ0n) is 39.4. The standard InChI is InChI=1S/C50H69N5O10S/c1-7-32-27-50(32,47(60)53-66(61,62)49(5)20-21-49)28-40(56)39-25-34-30-55(39)46(59)37(48(2,3)4)26-43(58)65-41-24-31(41)14-9-8-10-16-36-44(35-15-11-12-17-38(35)52-45(36)64-34)63-23-13-22-54(6)29-33-18-19-42(57)51-33/h7,11-12,15,17,31-34,37,39,41H,1,8-10,13-14,16,18-30H2,2-6H3,(H,51,57)(H,53,60)/t31-,32-,33?,34-,37-,39+,41-,50-/m1/s1. The predicted molar refractivity (Wildman–Crippen MR) is 248 cm³/mol. The Hall–Kier alpha value is -4.57. The minimum atomic E-state index is -3.98. The van der Waals surface area contributed by atoms with Gasteiger partial charge in [0.15, 0.2) is 5.78 Å². The molecule has 2 aromatic rings. The van der Waals surface area contributed by atoms with E-state index >= 15 is 0 Å². The molecule has 6 aliphatic rings. The maximum Gasteiger partial charge on any atom is 0.306 e. The summed E-state index contributed by atoms with van der Waals surface area (Å²) in [7, 11) is -1.93. The lowest BCUT2D eigenvalue weighted by Gasteiger charge is -2.34. The highest BCUT2D eigenvalue weighted by atomic mass is 32.2. The second-order valence-corrected chi connectivity index (χ2v) is 23.7. The number of ether oxygens (including phenoxy) is 3. The highest BCUT2D eigenvalue weighted by Gasteiger charge is 2.62. The van der Waals surface area contributed by atoms with Gasteiger partial charge in [0.25, 0.3) is 0 Å². The Balaban J connectivity index is 1.09. The summed E-state index contributed by atoms with van der Waals surface area (Å²) >= 11 is 0. The van der Waals surface area contributed by atoms with Gasteiger partial charge in [-0.15, -0.1) is 6.58 Å². The van der Waals surface area contributed by atoms with Gasteiger partial charge >= 0.3 is 5.97 Å². The normalized spacial score (nSPS) is 29.9. The van der Waals surface area contributed by atoms with Crippen LogP contribution < -0.4 is 19.5 Å². The van der Waals surface area contributed by atoms with Crippen molar-refractivity contribution in [3.05, 3.63) is 42.5 Å². The minimum absolute atomic E-state index is 0.0241. The maximum absolute atomic E-state index is 15.0. The topological polar surface area (TPSA) is 191 Å². The molecule has 360 valence electrons. The Morgan fingerprint density at radius 1 is 1.08 bits per heavy atom. The number of para-hydroxylation sites is 1. The zero-order valence-corrected chi connectivity index (χ0v) is 40.2. The van der Waals surface area contributed by atoms with E-state index in [1.165, 1.54) is 4.90 Å². The minimum Gasteiger partial charge on any atom is -0.492 e. The summed E-state index contributed by atoms with van der Waals surface area (Å²) in [5, 5.41) is 3.90. The van der Waals surface area contributed by atoms with E-state index in [0.29, 0.717) is 49.4 Å². The lowest BCUT2D eigenvalue weighted by atomic mass is 9.77. The Morgan fingerprint density at radius 3 is 2.55 bits per heavy atom. The van der Waals surface area contributed by atoms with Crippen molar-refractivity contribution in [3.63, 3.8) is 0 Å². The molecule has 16 heteroatoms. The molecule has 2 bridgehead atoms. The molecule has 8 atom stereocenters. The number of aromatic nitrogens is 1. The Bertz CT molecular complexity index is 2340. The van der Waals surface area contributed by atoms with E-state index in [4.69, 9.17) is 19.2 Å². The third-order valence-corrected chi connectivity index (χ3v) is 17.4. The molecule has 15 nitrogen and oxygen atoms in total. The Kier molecular flexibility index (Phi) is 13.7. The van der Waals surface area contributed by atoms with Crippen molar-refractivity contribution in [1.29, 1.82) is 0 Å². The Labute approximate surface area is 389 Å². The number of pyridine rings is 1. The van der Waals surface area contributed by atoms with E-state index < -0.39 is 61.5 Å². The van der Waals surface area contributed by atoms with E-state index in [1.54, 1.807) is 13.0 Å². The van der Waals surface area contributed by atoms with E-state index in [-0.39, 0.29) is 67.9 Å². The maximum atomic E-state index is 15.0. The molecule has 3 amide bonds. The number of nitrogens with one attached hydrogen (secondary N) is 2. The molecule has 5 fully saturated rings. The molecular formula is C50H69N5O10S. The summed E-state index contributed by atoms with van der Waals surface area (Å²) in [5.41, 5.74) is -0.514. The van der Waals surface area contributed by atoms with E-state index in [0.717, 1.165) is 69.0 Å². The van der Waals surface area contributed by atoms with Gasteiger partial charge in [-0.3, -0.25) is 28.7 Å². The number of allylic oxidation sites excluding steroid dienone is 1. The van der Waals surface area contributed by atoms with Crippen LogP contribution in [0.1, 0.15) is 123 Å². The van der Waals surface area contributed by atoms with Crippen LogP contribution in [0.5, 0.6) is 11.6 Å². The summed E-state index contributed by atoms with van der Waals surface area (Å²) in [5.74, 6) is -1.74. The average Bonchev–Trinajstić information content (AvgIpc) is 4.21. The molecule has 8 rings (SSSR count). The number of carbonyl (C=O) groups is 5. The number of hydrogen-bond acceptors (Lipinski definition) is 12. The summed E-state index contributed by atoms with van der Waals surface area (Å²) < 4.78 is 47.3. The third kappa shape index (κ3) is 10.4. The number of benzene rings is 1. The van der Waals surface area contributed by atoms with Gasteiger partial charge in [-0.1, -0.05) is 51.8 Å². The summed E-state index contributed by atoms with van der Waals surface area (Å²) in [6, 6.07) is 6.91. The molecular weight excluding hydrogens is 863 g/mol. The number of fused-ring (bicyclic) bond motifs is 5. The number of ketones is 1. The first-order valence-electron chi connectivity index (χ1n) is 24.2. The van der Waals surface area contributed by atoms with Crippen LogP contribution in [0, 0.1) is 28.6 Å². The van der Waals surface area contributed by atoms with Crippen molar-refractivity contribution in [2.24, 2.45) is 28.6 Å². The highest BCUT2D eigenvalue weighted by Crippen LogP contribution is 2.57. The Morgan fingerprint density at radius 2 is 1.85 bits per heavy atom. The van der Waals surface area contributed by atoms with Crippen molar-refractivity contribution in [2.45, 2.75) is 153 Å². The molecule has 66 heavy (non-hydrogen) atoms. The van der Waals surface area contributed by atoms with Crippen LogP contribution in [-0.4, -0.2) is 115 Å². The largest absolute Gasteiger partial charge is 0.492 e. The number of Topliss-reactive ketones (excluding diaryl/α,β-unsaturated/α-hetero) is 1. The van der Waals surface area contributed by atoms with Gasteiger partial charge < -0.3 is 29.3 Å². The number of sulfonamides is 1. The van der Waals surface area contributed by atoms with Crippen molar-refractivity contribution in [1.82, 2.24) is 24.8 Å². The molecule has 3 aliphatic heterocycles. The summed E-state index contributed by atoms with van der Waals surface area (Å²) in [6.45, 7) is 13.2. The lowest BCUT2D eigenvalue weighted by Crippen LogP contribution is -2.49. The van der Waals surface area contributed by atoms with Crippen molar-refractivity contribution < 1.29 is 46.6 Å². The highest BCUT2D eigenvalue weighted by molar-refractivity contribution is 7.91. The number of carbonyl (C=O) groups excluding carboxylic acids is 5. The van der Waals surface area contributed by atoms with Crippen LogP contribution in [0.2, 0.25) is 0 Å². The number of likely N-dealkylation sites (N-methyl/N-ethyl adjacent to an activating group) is 1. The predicted octanol–water partition coefficient (Wildman–Crippen LogP) is 5.81. The molecule has 1 unspecified atom stereocenters. The molecule has 1 aromatic carbocycles. The monoisotopic (exact) mass is 931 g/mol. The van der Waals surface area contributed by atoms with Gasteiger partial charge in [0.2, 0.25) is 33.6 Å². The SMILES string of the molecule is C=C[C@@H]1C[C@]1(CC(=O)[C@@H]1C[C@@H]2CN1C(=O)[C@H](C(C)(C)C)CC(=O)O[C@@H]1C[C@H]1CCCCCc1c(nc3ccccc3c1OCCCN(C)CC1CCC(=O)N1)O2)C(=O)NS(=O)(=O)C1(C)CC1. The van der Waals surface area contributed by atoms with Crippen LogP contribution in [0.4, 0.5) is 0 Å².